The topological polar surface area (TPSA) is 56.2 Å². The van der Waals surface area contributed by atoms with Crippen molar-refractivity contribution in [3.8, 4) is 5.88 Å². The summed E-state index contributed by atoms with van der Waals surface area (Å²) in [6.45, 7) is -0.143. The monoisotopic (exact) mass is 469 g/mol. The molecule has 0 fully saturated rings. The summed E-state index contributed by atoms with van der Waals surface area (Å²) in [5, 5.41) is 6.77. The van der Waals surface area contributed by atoms with E-state index in [0.29, 0.717) is 5.56 Å². The highest BCUT2D eigenvalue weighted by molar-refractivity contribution is 5.96. The molecule has 4 rings (SSSR count). The third kappa shape index (κ3) is 5.61. The normalized spacial score (nSPS) is 10.8. The molecule has 0 unspecified atom stereocenters. The van der Waals surface area contributed by atoms with E-state index in [1.807, 2.05) is 0 Å². The Morgan fingerprint density at radius 1 is 0.853 bits per heavy atom. The lowest BCUT2D eigenvalue weighted by Gasteiger charge is -2.08. The van der Waals surface area contributed by atoms with Gasteiger partial charge in [0.2, 0.25) is 5.88 Å². The fourth-order valence-electron chi connectivity index (χ4n) is 3.22. The van der Waals surface area contributed by atoms with Gasteiger partial charge in [0.15, 0.2) is 0 Å². The van der Waals surface area contributed by atoms with Crippen molar-refractivity contribution in [2.24, 2.45) is 0 Å². The van der Waals surface area contributed by atoms with Crippen molar-refractivity contribution in [2.45, 2.75) is 19.7 Å². The minimum atomic E-state index is -0.778. The minimum absolute atomic E-state index is 0.00998. The number of hydrogen-bond donors (Lipinski definition) is 1. The Morgan fingerprint density at radius 2 is 1.44 bits per heavy atom. The van der Waals surface area contributed by atoms with E-state index in [9.17, 15) is 22.4 Å². The molecule has 0 saturated carbocycles. The van der Waals surface area contributed by atoms with Gasteiger partial charge in [-0.2, -0.15) is 0 Å². The second kappa shape index (κ2) is 10.2. The van der Waals surface area contributed by atoms with Gasteiger partial charge in [-0.1, -0.05) is 30.3 Å². The Hall–Kier alpha value is -4.14. The summed E-state index contributed by atoms with van der Waals surface area (Å²) in [7, 11) is 0. The van der Waals surface area contributed by atoms with Crippen molar-refractivity contribution in [1.82, 2.24) is 15.1 Å². The van der Waals surface area contributed by atoms with Crippen LogP contribution in [0.15, 0.2) is 72.9 Å². The van der Waals surface area contributed by atoms with Gasteiger partial charge in [-0.25, -0.2) is 17.6 Å². The third-order valence-corrected chi connectivity index (χ3v) is 5.01. The number of benzene rings is 3. The quantitative estimate of drug-likeness (QED) is 0.370. The van der Waals surface area contributed by atoms with Crippen molar-refractivity contribution in [3.63, 3.8) is 0 Å². The highest BCUT2D eigenvalue weighted by Gasteiger charge is 2.19. The second-order valence-electron chi connectivity index (χ2n) is 7.47. The summed E-state index contributed by atoms with van der Waals surface area (Å²) in [6, 6.07) is 14.8. The zero-order valence-electron chi connectivity index (χ0n) is 17.8. The van der Waals surface area contributed by atoms with Crippen LogP contribution in [0.1, 0.15) is 27.0 Å². The molecule has 0 aliphatic heterocycles. The molecule has 3 aromatic carbocycles. The number of carbonyl (C=O) groups excluding carboxylic acids is 1. The first-order chi connectivity index (χ1) is 16.4. The van der Waals surface area contributed by atoms with Crippen LogP contribution in [0.4, 0.5) is 17.6 Å². The molecule has 4 aromatic rings. The number of nitrogens with one attached hydrogen (secondary N) is 1. The molecule has 174 valence electrons. The number of amides is 1. The predicted molar refractivity (Wildman–Crippen MR) is 116 cm³/mol. The van der Waals surface area contributed by atoms with E-state index in [1.165, 1.54) is 53.3 Å². The second-order valence-corrected chi connectivity index (χ2v) is 7.47. The number of rotatable bonds is 8. The molecule has 0 spiro atoms. The third-order valence-electron chi connectivity index (χ3n) is 5.01. The van der Waals surface area contributed by atoms with Gasteiger partial charge >= 0.3 is 0 Å². The first-order valence-electron chi connectivity index (χ1n) is 10.3. The van der Waals surface area contributed by atoms with E-state index in [0.717, 1.165) is 17.7 Å². The van der Waals surface area contributed by atoms with Gasteiger partial charge in [0.1, 0.15) is 35.4 Å². The minimum Gasteiger partial charge on any atom is -0.471 e. The van der Waals surface area contributed by atoms with E-state index in [1.54, 1.807) is 12.1 Å². The molecule has 1 aromatic heterocycles. The molecule has 0 saturated heterocycles. The molecular weight excluding hydrogens is 450 g/mol. The van der Waals surface area contributed by atoms with Crippen molar-refractivity contribution in [1.29, 1.82) is 0 Å². The molecule has 1 heterocycles. The maximum absolute atomic E-state index is 13.9. The number of ether oxygens (including phenoxy) is 1. The number of carbonyl (C=O) groups is 1. The fourth-order valence-corrected chi connectivity index (χ4v) is 3.22. The molecule has 0 radical (unpaired) electrons. The summed E-state index contributed by atoms with van der Waals surface area (Å²) < 4.78 is 61.3. The summed E-state index contributed by atoms with van der Waals surface area (Å²) >= 11 is 0. The smallest absolute Gasteiger partial charge is 0.258 e. The van der Waals surface area contributed by atoms with Gasteiger partial charge < -0.3 is 10.1 Å². The van der Waals surface area contributed by atoms with Gasteiger partial charge in [-0.05, 0) is 47.5 Å². The number of halogens is 4. The SMILES string of the molecule is O=C(NCc1c(F)cccc1F)c1cn(Cc2ccc(F)cc2)nc1OCc1ccc(F)cc1. The van der Waals surface area contributed by atoms with Gasteiger partial charge in [-0.3, -0.25) is 9.48 Å². The molecule has 0 atom stereocenters. The first kappa shape index (κ1) is 23.0. The predicted octanol–water partition coefficient (Wildman–Crippen LogP) is 5.00. The molecule has 5 nitrogen and oxygen atoms in total. The van der Waals surface area contributed by atoms with E-state index >= 15 is 0 Å². The number of aromatic nitrogens is 2. The van der Waals surface area contributed by atoms with Crippen LogP contribution in [0.3, 0.4) is 0 Å². The summed E-state index contributed by atoms with van der Waals surface area (Å²) in [5.41, 5.74) is 1.15. The van der Waals surface area contributed by atoms with Crippen LogP contribution in [0.5, 0.6) is 5.88 Å². The highest BCUT2D eigenvalue weighted by Crippen LogP contribution is 2.20. The van der Waals surface area contributed by atoms with Crippen LogP contribution in [-0.4, -0.2) is 15.7 Å². The molecule has 9 heteroatoms. The van der Waals surface area contributed by atoms with Crippen molar-refractivity contribution >= 4 is 5.91 Å². The number of hydrogen-bond acceptors (Lipinski definition) is 3. The average molecular weight is 469 g/mol. The molecule has 0 aliphatic carbocycles. The summed E-state index contributed by atoms with van der Waals surface area (Å²) in [4.78, 5) is 12.8. The zero-order valence-corrected chi connectivity index (χ0v) is 17.8. The maximum Gasteiger partial charge on any atom is 0.258 e. The molecular formula is C25H19F4N3O2. The molecule has 1 amide bonds. The molecule has 0 bridgehead atoms. The fraction of sp³-hybridized carbons (Fsp3) is 0.120. The lowest BCUT2D eigenvalue weighted by molar-refractivity contribution is 0.0945. The van der Waals surface area contributed by atoms with Crippen molar-refractivity contribution < 1.29 is 27.1 Å². The van der Waals surface area contributed by atoms with Gasteiger partial charge in [0.25, 0.3) is 5.91 Å². The van der Waals surface area contributed by atoms with Crippen LogP contribution in [0, 0.1) is 23.3 Å². The lowest BCUT2D eigenvalue weighted by Crippen LogP contribution is -2.24. The first-order valence-corrected chi connectivity index (χ1v) is 10.3. The summed E-state index contributed by atoms with van der Waals surface area (Å²) in [5.74, 6) is -3.00. The molecule has 34 heavy (non-hydrogen) atoms. The van der Waals surface area contributed by atoms with E-state index in [4.69, 9.17) is 4.74 Å². The highest BCUT2D eigenvalue weighted by atomic mass is 19.1. The van der Waals surface area contributed by atoms with Crippen LogP contribution in [0.25, 0.3) is 0 Å². The standard InChI is InChI=1S/C25H19F4N3O2/c26-18-8-4-16(5-9-18)13-32-14-21(24(33)30-12-20-22(28)2-1-3-23(20)29)25(31-32)34-15-17-6-10-19(27)11-7-17/h1-11,14H,12-13,15H2,(H,30,33). The average Bonchev–Trinajstić information content (AvgIpc) is 3.22. The van der Waals surface area contributed by atoms with Gasteiger partial charge in [-0.15, -0.1) is 5.10 Å². The van der Waals surface area contributed by atoms with E-state index in [2.05, 4.69) is 10.4 Å². The van der Waals surface area contributed by atoms with Crippen LogP contribution < -0.4 is 10.1 Å². The Morgan fingerprint density at radius 3 is 2.06 bits per heavy atom. The Kier molecular flexibility index (Phi) is 6.91. The Bertz CT molecular complexity index is 1270. The lowest BCUT2D eigenvalue weighted by atomic mass is 10.2. The molecule has 0 aliphatic rings. The Labute approximate surface area is 192 Å². The van der Waals surface area contributed by atoms with Crippen LogP contribution >= 0.6 is 0 Å². The molecule has 1 N–H and O–H groups in total. The summed E-state index contributed by atoms with van der Waals surface area (Å²) in [6.07, 6.45) is 1.43. The Balaban J connectivity index is 1.54. The van der Waals surface area contributed by atoms with E-state index < -0.39 is 23.4 Å². The number of nitrogens with zero attached hydrogens (tertiary/aromatic N) is 2. The maximum atomic E-state index is 13.9. The van der Waals surface area contributed by atoms with Crippen molar-refractivity contribution in [2.75, 3.05) is 0 Å². The van der Waals surface area contributed by atoms with Gasteiger partial charge in [0.05, 0.1) is 6.54 Å². The van der Waals surface area contributed by atoms with E-state index in [-0.39, 0.29) is 42.5 Å². The van der Waals surface area contributed by atoms with Gasteiger partial charge in [0, 0.05) is 18.3 Å². The van der Waals surface area contributed by atoms with Crippen LogP contribution in [0.2, 0.25) is 0 Å². The zero-order chi connectivity index (χ0) is 24.1. The largest absolute Gasteiger partial charge is 0.471 e. The van der Waals surface area contributed by atoms with Crippen molar-refractivity contribution in [3.05, 3.63) is 118 Å². The van der Waals surface area contributed by atoms with Crippen LogP contribution in [-0.2, 0) is 19.7 Å².